The van der Waals surface area contributed by atoms with Crippen LogP contribution in [0, 0.1) is 0 Å². The van der Waals surface area contributed by atoms with Gasteiger partial charge in [-0.25, -0.2) is 0 Å². The molecular formula is C17H30N4O. The van der Waals surface area contributed by atoms with Gasteiger partial charge in [-0.15, -0.1) is 0 Å². The Hall–Kier alpha value is -1.59. The van der Waals surface area contributed by atoms with Crippen LogP contribution < -0.4 is 10.6 Å². The first-order chi connectivity index (χ1) is 10.7. The van der Waals surface area contributed by atoms with Crippen LogP contribution in [0.3, 0.4) is 0 Å². The van der Waals surface area contributed by atoms with Crippen LogP contribution in [0.4, 0.5) is 0 Å². The Bertz CT molecular complexity index is 422. The van der Waals surface area contributed by atoms with Gasteiger partial charge < -0.3 is 20.3 Å². The number of rotatable bonds is 9. The Morgan fingerprint density at radius 1 is 1.32 bits per heavy atom. The Morgan fingerprint density at radius 3 is 2.68 bits per heavy atom. The summed E-state index contributed by atoms with van der Waals surface area (Å²) in [6.07, 6.45) is 0. The summed E-state index contributed by atoms with van der Waals surface area (Å²) < 4.78 is 5.14. The number of benzene rings is 1. The van der Waals surface area contributed by atoms with Crippen molar-refractivity contribution in [3.63, 3.8) is 0 Å². The summed E-state index contributed by atoms with van der Waals surface area (Å²) >= 11 is 0. The number of nitrogens with zero attached hydrogens (tertiary/aromatic N) is 2. The van der Waals surface area contributed by atoms with Crippen molar-refractivity contribution < 1.29 is 4.74 Å². The van der Waals surface area contributed by atoms with Gasteiger partial charge in [-0.05, 0) is 26.5 Å². The van der Waals surface area contributed by atoms with Gasteiger partial charge in [0.15, 0.2) is 5.96 Å². The number of methoxy groups -OCH3 is 1. The minimum atomic E-state index is 0.241. The number of ether oxygens (including phenoxy) is 1. The largest absolute Gasteiger partial charge is 0.383 e. The molecule has 1 unspecified atom stereocenters. The standard InChI is InChI=1S/C17H30N4O/c1-5-18-17(20-15(2)14-22-4)19-11-12-21(3)13-16-9-7-6-8-10-16/h6-10,15H,5,11-14H2,1-4H3,(H2,18,19,20). The van der Waals surface area contributed by atoms with Gasteiger partial charge >= 0.3 is 0 Å². The van der Waals surface area contributed by atoms with Crippen LogP contribution in [0.1, 0.15) is 19.4 Å². The second-order valence-corrected chi connectivity index (χ2v) is 5.48. The van der Waals surface area contributed by atoms with E-state index in [1.165, 1.54) is 5.56 Å². The fraction of sp³-hybridized carbons (Fsp3) is 0.588. The number of guanidine groups is 1. The van der Waals surface area contributed by atoms with Gasteiger partial charge in [0, 0.05) is 32.8 Å². The predicted molar refractivity (Wildman–Crippen MR) is 93.2 cm³/mol. The summed E-state index contributed by atoms with van der Waals surface area (Å²) in [7, 11) is 3.83. The van der Waals surface area contributed by atoms with E-state index in [2.05, 4.69) is 65.7 Å². The topological polar surface area (TPSA) is 48.9 Å². The number of hydrogen-bond acceptors (Lipinski definition) is 3. The maximum atomic E-state index is 5.14. The zero-order chi connectivity index (χ0) is 16.2. The molecule has 0 amide bonds. The molecule has 22 heavy (non-hydrogen) atoms. The fourth-order valence-corrected chi connectivity index (χ4v) is 2.15. The van der Waals surface area contributed by atoms with Crippen molar-refractivity contribution in [1.29, 1.82) is 0 Å². The van der Waals surface area contributed by atoms with Crippen molar-refractivity contribution in [3.05, 3.63) is 35.9 Å². The molecule has 0 heterocycles. The van der Waals surface area contributed by atoms with Crippen LogP contribution in [-0.4, -0.2) is 57.3 Å². The van der Waals surface area contributed by atoms with Crippen molar-refractivity contribution >= 4 is 5.96 Å². The minimum absolute atomic E-state index is 0.241. The maximum absolute atomic E-state index is 5.14. The molecule has 124 valence electrons. The molecule has 0 radical (unpaired) electrons. The molecule has 0 saturated carbocycles. The molecule has 1 rings (SSSR count). The second-order valence-electron chi connectivity index (χ2n) is 5.48. The smallest absolute Gasteiger partial charge is 0.191 e. The Balaban J connectivity index is 2.38. The fourth-order valence-electron chi connectivity index (χ4n) is 2.15. The normalized spacial score (nSPS) is 13.2. The quantitative estimate of drug-likeness (QED) is 0.539. The van der Waals surface area contributed by atoms with E-state index in [0.717, 1.165) is 32.1 Å². The lowest BCUT2D eigenvalue weighted by Gasteiger charge is -2.18. The summed E-state index contributed by atoms with van der Waals surface area (Å²) in [4.78, 5) is 6.89. The first kappa shape index (κ1) is 18.5. The molecule has 0 spiro atoms. The molecule has 1 aromatic carbocycles. The molecule has 0 aliphatic heterocycles. The molecule has 0 aliphatic carbocycles. The van der Waals surface area contributed by atoms with Gasteiger partial charge in [0.25, 0.3) is 0 Å². The van der Waals surface area contributed by atoms with E-state index in [0.29, 0.717) is 6.61 Å². The Morgan fingerprint density at radius 2 is 2.05 bits per heavy atom. The molecule has 1 atom stereocenters. The van der Waals surface area contributed by atoms with Crippen LogP contribution in [0.25, 0.3) is 0 Å². The summed E-state index contributed by atoms with van der Waals surface area (Å²) in [5.41, 5.74) is 1.33. The Kier molecular flexibility index (Phi) is 9.26. The molecule has 5 nitrogen and oxygen atoms in total. The van der Waals surface area contributed by atoms with Crippen molar-refractivity contribution in [3.8, 4) is 0 Å². The zero-order valence-electron chi connectivity index (χ0n) is 14.3. The molecular weight excluding hydrogens is 276 g/mol. The van der Waals surface area contributed by atoms with Crippen LogP contribution in [0.15, 0.2) is 35.3 Å². The van der Waals surface area contributed by atoms with Gasteiger partial charge in [0.1, 0.15) is 0 Å². The number of hydrogen-bond donors (Lipinski definition) is 2. The average molecular weight is 306 g/mol. The predicted octanol–water partition coefficient (Wildman–Crippen LogP) is 1.71. The number of likely N-dealkylation sites (N-methyl/N-ethyl adjacent to an activating group) is 1. The van der Waals surface area contributed by atoms with Crippen LogP contribution in [0.2, 0.25) is 0 Å². The van der Waals surface area contributed by atoms with Gasteiger partial charge in [-0.2, -0.15) is 0 Å². The van der Waals surface area contributed by atoms with Crippen LogP contribution in [-0.2, 0) is 11.3 Å². The lowest BCUT2D eigenvalue weighted by Crippen LogP contribution is -2.44. The SMILES string of the molecule is CCNC(=NCCN(C)Cc1ccccc1)NC(C)COC. The summed E-state index contributed by atoms with van der Waals surface area (Å²) in [5, 5.41) is 6.60. The van der Waals surface area contributed by atoms with E-state index >= 15 is 0 Å². The summed E-state index contributed by atoms with van der Waals surface area (Å²) in [6, 6.07) is 10.7. The lowest BCUT2D eigenvalue weighted by molar-refractivity contribution is 0.179. The van der Waals surface area contributed by atoms with E-state index in [9.17, 15) is 0 Å². The summed E-state index contributed by atoms with van der Waals surface area (Å²) in [6.45, 7) is 8.30. The van der Waals surface area contributed by atoms with Gasteiger partial charge in [0.05, 0.1) is 13.2 Å². The molecule has 0 fully saturated rings. The van der Waals surface area contributed by atoms with E-state index in [1.807, 2.05) is 6.07 Å². The van der Waals surface area contributed by atoms with Crippen LogP contribution >= 0.6 is 0 Å². The first-order valence-electron chi connectivity index (χ1n) is 7.92. The highest BCUT2D eigenvalue weighted by Crippen LogP contribution is 2.01. The van der Waals surface area contributed by atoms with E-state index in [4.69, 9.17) is 4.74 Å². The third kappa shape index (κ3) is 8.00. The first-order valence-corrected chi connectivity index (χ1v) is 7.92. The monoisotopic (exact) mass is 306 g/mol. The third-order valence-corrected chi connectivity index (χ3v) is 3.19. The highest BCUT2D eigenvalue weighted by atomic mass is 16.5. The average Bonchev–Trinajstić information content (AvgIpc) is 2.48. The highest BCUT2D eigenvalue weighted by molar-refractivity contribution is 5.80. The van der Waals surface area contributed by atoms with Crippen molar-refractivity contribution in [2.75, 3.05) is 40.4 Å². The molecule has 5 heteroatoms. The molecule has 2 N–H and O–H groups in total. The Labute approximate surface area is 134 Å². The van der Waals surface area contributed by atoms with Crippen molar-refractivity contribution in [2.24, 2.45) is 4.99 Å². The molecule has 1 aromatic rings. The second kappa shape index (κ2) is 11.0. The minimum Gasteiger partial charge on any atom is -0.383 e. The molecule has 0 aliphatic rings. The maximum Gasteiger partial charge on any atom is 0.191 e. The molecule has 0 saturated heterocycles. The van der Waals surface area contributed by atoms with E-state index < -0.39 is 0 Å². The highest BCUT2D eigenvalue weighted by Gasteiger charge is 2.04. The van der Waals surface area contributed by atoms with Gasteiger partial charge in [0.2, 0.25) is 0 Å². The third-order valence-electron chi connectivity index (χ3n) is 3.19. The zero-order valence-corrected chi connectivity index (χ0v) is 14.3. The summed E-state index contributed by atoms with van der Waals surface area (Å²) in [5.74, 6) is 0.847. The van der Waals surface area contributed by atoms with Crippen molar-refractivity contribution in [1.82, 2.24) is 15.5 Å². The molecule has 0 bridgehead atoms. The van der Waals surface area contributed by atoms with E-state index in [-0.39, 0.29) is 6.04 Å². The van der Waals surface area contributed by atoms with Gasteiger partial charge in [-0.3, -0.25) is 4.99 Å². The van der Waals surface area contributed by atoms with Crippen LogP contribution in [0.5, 0.6) is 0 Å². The number of nitrogens with one attached hydrogen (secondary N) is 2. The molecule has 0 aromatic heterocycles. The lowest BCUT2D eigenvalue weighted by atomic mass is 10.2. The van der Waals surface area contributed by atoms with Gasteiger partial charge in [-0.1, -0.05) is 30.3 Å². The van der Waals surface area contributed by atoms with Crippen molar-refractivity contribution in [2.45, 2.75) is 26.4 Å². The van der Waals surface area contributed by atoms with E-state index in [1.54, 1.807) is 7.11 Å². The number of aliphatic imine (C=N–C) groups is 1.